The van der Waals surface area contributed by atoms with E-state index in [0.717, 1.165) is 66.5 Å². The molecule has 13 heteroatoms. The van der Waals surface area contributed by atoms with Crippen LogP contribution < -0.4 is 15.8 Å². The molecule has 4 aromatic rings. The summed E-state index contributed by atoms with van der Waals surface area (Å²) in [7, 11) is 3.27. The average molecular weight is 1230 g/mol. The Kier molecular flexibility index (Phi) is 17.4. The van der Waals surface area contributed by atoms with E-state index in [-0.39, 0.29) is 70.4 Å². The lowest BCUT2D eigenvalue weighted by atomic mass is 9.39. The predicted octanol–water partition coefficient (Wildman–Crippen LogP) is 11.6. The van der Waals surface area contributed by atoms with Gasteiger partial charge in [0.1, 0.15) is 11.9 Å². The second-order valence-corrected chi connectivity index (χ2v) is 31.7. The number of aliphatic hydroxyl groups is 6. The number of H-pyrrole nitrogens is 1. The molecule has 3 aromatic carbocycles. The van der Waals surface area contributed by atoms with Gasteiger partial charge in [-0.05, 0) is 213 Å². The zero-order chi connectivity index (χ0) is 60.5. The van der Waals surface area contributed by atoms with Gasteiger partial charge in [-0.1, -0.05) is 132 Å². The summed E-state index contributed by atoms with van der Waals surface area (Å²) < 4.78 is 7.06. The van der Waals surface area contributed by atoms with Gasteiger partial charge in [-0.15, -0.1) is 0 Å². The summed E-state index contributed by atoms with van der Waals surface area (Å²) in [5, 5.41) is 90.3. The predicted molar refractivity (Wildman–Crippen MR) is 350 cm³/mol. The van der Waals surface area contributed by atoms with Gasteiger partial charge in [0.05, 0.1) is 30.5 Å². The van der Waals surface area contributed by atoms with E-state index < -0.39 is 59.8 Å². The SMILES string of the molecule is CCC1Cc2cc(O)c(OC3CC(Cc4ccc[nH]4)C4=CCNC(N)=C4CSSCC(CO)C3O)cc2C2CC(O)C3C(C#CC4(CC(O)CCC3O)CC(c3ccccc3)C3Cc5ccccc5CC5(CCCC56CCCC6)C5CCC(O)C4C35)C=C12. The highest BCUT2D eigenvalue weighted by molar-refractivity contribution is 8.76. The number of aromatic hydroxyl groups is 1. The minimum atomic E-state index is -1.08. The molecule has 470 valence electrons. The molecule has 4 saturated carbocycles. The summed E-state index contributed by atoms with van der Waals surface area (Å²) in [6, 6.07) is 28.4. The molecule has 3 heterocycles. The van der Waals surface area contributed by atoms with Crippen molar-refractivity contribution in [2.75, 3.05) is 24.7 Å². The molecule has 19 atom stereocenters. The highest BCUT2D eigenvalue weighted by Crippen LogP contribution is 2.73. The maximum atomic E-state index is 13.2. The summed E-state index contributed by atoms with van der Waals surface area (Å²) in [4.78, 5) is 3.40. The van der Waals surface area contributed by atoms with Gasteiger partial charge < -0.3 is 56.5 Å². The quantitative estimate of drug-likeness (QED) is 0.0477. The molecular weight excluding hydrogens is 1130 g/mol. The Labute approximate surface area is 529 Å². The molecular formula is C75H95N3O8S2. The molecule has 0 radical (unpaired) electrons. The first kappa shape index (κ1) is 60.9. The van der Waals surface area contributed by atoms with Crippen LogP contribution in [0.25, 0.3) is 0 Å². The van der Waals surface area contributed by atoms with E-state index in [0.29, 0.717) is 74.7 Å². The van der Waals surface area contributed by atoms with Crippen molar-refractivity contribution in [3.8, 4) is 23.3 Å². The number of nitrogens with one attached hydrogen (secondary N) is 2. The first-order chi connectivity index (χ1) is 42.8. The van der Waals surface area contributed by atoms with E-state index in [2.05, 4.69) is 102 Å². The number of phenols is 1. The summed E-state index contributed by atoms with van der Waals surface area (Å²) >= 11 is 0. The lowest BCUT2D eigenvalue weighted by Gasteiger charge is -2.64. The molecule has 11 N–H and O–H groups in total. The van der Waals surface area contributed by atoms with Gasteiger partial charge in [-0.25, -0.2) is 0 Å². The number of nitrogens with two attached hydrogens (primary N) is 1. The number of allylic oxidation sites excluding steroid dienone is 3. The van der Waals surface area contributed by atoms with Gasteiger partial charge in [-0.2, -0.15) is 0 Å². The number of hydrogen-bond acceptors (Lipinski definition) is 12. The van der Waals surface area contributed by atoms with Crippen LogP contribution in [0.15, 0.2) is 120 Å². The van der Waals surface area contributed by atoms with Crippen LogP contribution >= 0.6 is 21.6 Å². The standard InChI is InChI=1S/C75H95N3O8S2/c1-2-44-30-49-34-64(83)66(86-67-35-50(31-52-16-10-28-77-52)54-22-29-78-72(76)60(54)43-88-87-42-51(41-79)71(67)85)37-56(49)57-36-65(84)68-47(33-55(44)57)21-27-73(39-53(80)17-19-62(68)81)40-59(45-12-4-3-5-13-45)58-32-46-14-6-7-15-48(46)38-75(26-11-25-74(75)23-8-9-24-74)61-18-20-63(82)70(73)69(58)61/h3-7,10,12-16,22,28,33-34,37,44,47,50-51,53,57-59,61-63,65,67-71,77-85H,2,8-9,11,17-20,23-26,29-32,35-36,38-43,76H2,1H3. The summed E-state index contributed by atoms with van der Waals surface area (Å²) in [5.41, 5.74) is 17.0. The second kappa shape index (κ2) is 25.1. The van der Waals surface area contributed by atoms with Gasteiger partial charge in [0.15, 0.2) is 11.5 Å². The Morgan fingerprint density at radius 3 is 2.38 bits per heavy atom. The minimum absolute atomic E-state index is 0.0188. The molecule has 3 spiro atoms. The smallest absolute Gasteiger partial charge is 0.161 e. The van der Waals surface area contributed by atoms with Crippen LogP contribution in [-0.4, -0.2) is 102 Å². The number of aromatic amines is 1. The zero-order valence-corrected chi connectivity index (χ0v) is 53.1. The van der Waals surface area contributed by atoms with Crippen LogP contribution in [0.2, 0.25) is 0 Å². The first-order valence-corrected chi connectivity index (χ1v) is 36.5. The molecule has 8 aliphatic carbocycles. The largest absolute Gasteiger partial charge is 0.504 e. The average Bonchev–Trinajstić information content (AvgIpc) is 0.996. The van der Waals surface area contributed by atoms with Gasteiger partial charge >= 0.3 is 0 Å². The molecule has 19 unspecified atom stereocenters. The fourth-order valence-electron chi connectivity index (χ4n) is 21.1. The van der Waals surface area contributed by atoms with Crippen LogP contribution in [0, 0.1) is 81.3 Å². The summed E-state index contributed by atoms with van der Waals surface area (Å²) in [6.07, 6.45) is 18.7. The molecule has 11 nitrogen and oxygen atoms in total. The van der Waals surface area contributed by atoms with E-state index in [1.165, 1.54) is 67.2 Å². The van der Waals surface area contributed by atoms with E-state index in [9.17, 15) is 35.7 Å². The summed E-state index contributed by atoms with van der Waals surface area (Å²) in [6.45, 7) is 2.55. The van der Waals surface area contributed by atoms with Crippen molar-refractivity contribution in [2.45, 2.75) is 184 Å². The van der Waals surface area contributed by atoms with Crippen LogP contribution in [0.5, 0.6) is 11.5 Å². The molecule has 88 heavy (non-hydrogen) atoms. The first-order valence-electron chi connectivity index (χ1n) is 34.0. The van der Waals surface area contributed by atoms with Crippen LogP contribution in [0.4, 0.5) is 0 Å². The van der Waals surface area contributed by atoms with Crippen molar-refractivity contribution >= 4 is 21.6 Å². The van der Waals surface area contributed by atoms with E-state index in [1.807, 2.05) is 24.4 Å². The topological polar surface area (TPSA) is 205 Å². The van der Waals surface area contributed by atoms with E-state index >= 15 is 0 Å². The van der Waals surface area contributed by atoms with Crippen molar-refractivity contribution in [1.82, 2.24) is 10.3 Å². The monoisotopic (exact) mass is 1230 g/mol. The molecule has 5 fully saturated rings. The van der Waals surface area contributed by atoms with Gasteiger partial charge in [0, 0.05) is 77.1 Å². The molecule has 0 amide bonds. The lowest BCUT2D eigenvalue weighted by molar-refractivity contribution is -0.166. The fraction of sp³-hybridized carbons (Fsp3) is 0.600. The lowest BCUT2D eigenvalue weighted by Crippen LogP contribution is -2.61. The van der Waals surface area contributed by atoms with Gasteiger partial charge in [0.2, 0.25) is 0 Å². The van der Waals surface area contributed by atoms with Crippen LogP contribution in [0.1, 0.15) is 155 Å². The number of ether oxygens (including phenoxy) is 1. The van der Waals surface area contributed by atoms with E-state index in [1.54, 1.807) is 21.6 Å². The maximum Gasteiger partial charge on any atom is 0.161 e. The highest BCUT2D eigenvalue weighted by Gasteiger charge is 2.67. The van der Waals surface area contributed by atoms with Crippen molar-refractivity contribution in [3.63, 3.8) is 0 Å². The third-order valence-corrected chi connectivity index (χ3v) is 27.4. The molecule has 1 aromatic heterocycles. The van der Waals surface area contributed by atoms with Gasteiger partial charge in [-0.3, -0.25) is 0 Å². The molecule has 1 saturated heterocycles. The minimum Gasteiger partial charge on any atom is -0.504 e. The fourth-order valence-corrected chi connectivity index (χ4v) is 23.6. The maximum absolute atomic E-state index is 13.2. The molecule has 14 rings (SSSR count). The third-order valence-electron chi connectivity index (χ3n) is 25.0. The number of dihydropyridines is 1. The normalized spacial score (nSPS) is 38.7. The zero-order valence-electron chi connectivity index (χ0n) is 51.5. The number of rotatable bonds is 7. The second-order valence-electron chi connectivity index (χ2n) is 29.2. The van der Waals surface area contributed by atoms with Crippen LogP contribution in [0.3, 0.4) is 0 Å². The van der Waals surface area contributed by atoms with Crippen LogP contribution in [-0.2, 0) is 25.7 Å². The summed E-state index contributed by atoms with van der Waals surface area (Å²) in [5.74, 6) is 8.96. The van der Waals surface area contributed by atoms with Gasteiger partial charge in [0.25, 0.3) is 0 Å². The number of hydrogen-bond donors (Lipinski definition) is 10. The number of fused-ring (bicyclic) bond motifs is 9. The third kappa shape index (κ3) is 10.9. The Bertz CT molecular complexity index is 3310. The highest BCUT2D eigenvalue weighted by atomic mass is 33.1. The number of aliphatic hydroxyl groups excluding tert-OH is 6. The van der Waals surface area contributed by atoms with Crippen molar-refractivity contribution in [2.24, 2.45) is 75.2 Å². The molecule has 0 bridgehead atoms. The molecule has 10 aliphatic rings. The van der Waals surface area contributed by atoms with Crippen molar-refractivity contribution in [3.05, 3.63) is 153 Å². The molecule has 2 aliphatic heterocycles. The van der Waals surface area contributed by atoms with Crippen molar-refractivity contribution in [1.29, 1.82) is 0 Å². The Morgan fingerprint density at radius 1 is 0.784 bits per heavy atom. The number of aromatic nitrogens is 1. The Hall–Kier alpha value is -4.62. The van der Waals surface area contributed by atoms with E-state index in [4.69, 9.17) is 10.5 Å². The number of phenolic OH excluding ortho intramolecular Hbond substituents is 1. The Balaban J connectivity index is 0.870. The van der Waals surface area contributed by atoms with Crippen molar-refractivity contribution < 1.29 is 40.5 Å². The number of benzene rings is 3. The Morgan fingerprint density at radius 2 is 1.58 bits per heavy atom.